The largest absolute Gasteiger partial charge is 0.370 e. The molecule has 0 amide bonds. The summed E-state index contributed by atoms with van der Waals surface area (Å²) >= 11 is 0. The molecule has 1 aromatic heterocycles. The number of hydrogen-bond acceptors (Lipinski definition) is 6. The summed E-state index contributed by atoms with van der Waals surface area (Å²) in [6.45, 7) is 12.6. The Labute approximate surface area is 127 Å². The van der Waals surface area contributed by atoms with Gasteiger partial charge in [-0.25, -0.2) is 0 Å². The van der Waals surface area contributed by atoms with Crippen LogP contribution < -0.4 is 5.73 Å². The van der Waals surface area contributed by atoms with Gasteiger partial charge in [-0.05, 0) is 37.8 Å². The van der Waals surface area contributed by atoms with Crippen molar-refractivity contribution < 1.29 is 9.26 Å². The van der Waals surface area contributed by atoms with Gasteiger partial charge in [0.15, 0.2) is 5.82 Å². The molecule has 0 radical (unpaired) electrons. The van der Waals surface area contributed by atoms with Crippen LogP contribution in [0.15, 0.2) is 4.52 Å². The Morgan fingerprint density at radius 3 is 2.81 bits per heavy atom. The van der Waals surface area contributed by atoms with E-state index in [1.165, 1.54) is 0 Å². The van der Waals surface area contributed by atoms with Crippen molar-refractivity contribution in [3.8, 4) is 0 Å². The van der Waals surface area contributed by atoms with Gasteiger partial charge in [-0.3, -0.25) is 4.90 Å². The zero-order chi connectivity index (χ0) is 15.5. The second-order valence-corrected chi connectivity index (χ2v) is 6.89. The average Bonchev–Trinajstić information content (AvgIpc) is 3.04. The molecular weight excluding hydrogens is 268 g/mol. The third-order valence-electron chi connectivity index (χ3n) is 4.02. The SMILES string of the molecule is CC(C)COC(C)c1noc(CN2CCC(C)(CN)C2)n1. The molecule has 2 unspecified atom stereocenters. The van der Waals surface area contributed by atoms with E-state index in [0.717, 1.165) is 26.1 Å². The molecule has 2 heterocycles. The van der Waals surface area contributed by atoms with Crippen LogP contribution in [-0.4, -0.2) is 41.3 Å². The van der Waals surface area contributed by atoms with Gasteiger partial charge in [-0.1, -0.05) is 25.9 Å². The van der Waals surface area contributed by atoms with Gasteiger partial charge < -0.3 is 15.0 Å². The molecule has 1 fully saturated rings. The fraction of sp³-hybridized carbons (Fsp3) is 0.867. The maximum Gasteiger partial charge on any atom is 0.240 e. The maximum absolute atomic E-state index is 5.83. The van der Waals surface area contributed by atoms with Gasteiger partial charge in [-0.15, -0.1) is 0 Å². The van der Waals surface area contributed by atoms with Gasteiger partial charge in [0, 0.05) is 13.2 Å². The van der Waals surface area contributed by atoms with Gasteiger partial charge in [0.1, 0.15) is 6.10 Å². The first-order valence-electron chi connectivity index (χ1n) is 7.78. The smallest absolute Gasteiger partial charge is 0.240 e. The van der Waals surface area contributed by atoms with E-state index in [9.17, 15) is 0 Å². The maximum atomic E-state index is 5.83. The monoisotopic (exact) mass is 296 g/mol. The van der Waals surface area contributed by atoms with Gasteiger partial charge in [-0.2, -0.15) is 4.98 Å². The minimum Gasteiger partial charge on any atom is -0.370 e. The predicted molar refractivity (Wildman–Crippen MR) is 80.6 cm³/mol. The quantitative estimate of drug-likeness (QED) is 0.829. The number of nitrogens with zero attached hydrogens (tertiary/aromatic N) is 3. The number of hydrogen-bond donors (Lipinski definition) is 1. The van der Waals surface area contributed by atoms with Crippen molar-refractivity contribution in [2.24, 2.45) is 17.1 Å². The van der Waals surface area contributed by atoms with E-state index in [4.69, 9.17) is 15.0 Å². The molecule has 120 valence electrons. The third kappa shape index (κ3) is 4.49. The Morgan fingerprint density at radius 1 is 1.43 bits per heavy atom. The molecule has 0 bridgehead atoms. The van der Waals surface area contributed by atoms with Crippen molar-refractivity contribution >= 4 is 0 Å². The minimum atomic E-state index is -0.127. The Balaban J connectivity index is 1.86. The molecule has 2 rings (SSSR count). The summed E-state index contributed by atoms with van der Waals surface area (Å²) in [6.07, 6.45) is 0.996. The van der Waals surface area contributed by atoms with E-state index in [-0.39, 0.29) is 11.5 Å². The molecule has 1 aliphatic heterocycles. The summed E-state index contributed by atoms with van der Waals surface area (Å²) in [7, 11) is 0. The summed E-state index contributed by atoms with van der Waals surface area (Å²) in [5, 5.41) is 4.03. The summed E-state index contributed by atoms with van der Waals surface area (Å²) in [6, 6.07) is 0. The highest BCUT2D eigenvalue weighted by Gasteiger charge is 2.33. The Morgan fingerprint density at radius 2 is 2.19 bits per heavy atom. The minimum absolute atomic E-state index is 0.127. The van der Waals surface area contributed by atoms with E-state index in [0.29, 0.717) is 30.8 Å². The summed E-state index contributed by atoms with van der Waals surface area (Å²) in [5.74, 6) is 1.79. The lowest BCUT2D eigenvalue weighted by Crippen LogP contribution is -2.31. The molecule has 0 spiro atoms. The zero-order valence-electron chi connectivity index (χ0n) is 13.6. The van der Waals surface area contributed by atoms with Crippen LogP contribution in [0.1, 0.15) is 51.9 Å². The van der Waals surface area contributed by atoms with Crippen LogP contribution in [0.4, 0.5) is 0 Å². The van der Waals surface area contributed by atoms with E-state index in [1.807, 2.05) is 6.92 Å². The normalized spacial score (nSPS) is 24.9. The first-order chi connectivity index (χ1) is 9.92. The Kier molecular flexibility index (Phi) is 5.35. The number of nitrogens with two attached hydrogens (primary N) is 1. The van der Waals surface area contributed by atoms with Gasteiger partial charge in [0.25, 0.3) is 0 Å². The fourth-order valence-corrected chi connectivity index (χ4v) is 2.53. The second-order valence-electron chi connectivity index (χ2n) is 6.89. The molecule has 1 aromatic rings. The molecule has 1 aliphatic rings. The highest BCUT2D eigenvalue weighted by atomic mass is 16.5. The van der Waals surface area contributed by atoms with Gasteiger partial charge >= 0.3 is 0 Å². The molecule has 1 saturated heterocycles. The third-order valence-corrected chi connectivity index (χ3v) is 4.02. The molecule has 21 heavy (non-hydrogen) atoms. The van der Waals surface area contributed by atoms with Crippen molar-refractivity contribution in [3.05, 3.63) is 11.7 Å². The Hall–Kier alpha value is -0.980. The summed E-state index contributed by atoms with van der Waals surface area (Å²) < 4.78 is 11.1. The average molecular weight is 296 g/mol. The summed E-state index contributed by atoms with van der Waals surface area (Å²) in [5.41, 5.74) is 6.05. The highest BCUT2D eigenvalue weighted by Crippen LogP contribution is 2.29. The first kappa shape index (κ1) is 16.4. The number of ether oxygens (including phenoxy) is 1. The van der Waals surface area contributed by atoms with Crippen LogP contribution in [0, 0.1) is 11.3 Å². The molecule has 6 heteroatoms. The van der Waals surface area contributed by atoms with Crippen LogP contribution in [0.2, 0.25) is 0 Å². The first-order valence-corrected chi connectivity index (χ1v) is 7.78. The molecule has 0 saturated carbocycles. The van der Waals surface area contributed by atoms with Crippen LogP contribution in [-0.2, 0) is 11.3 Å². The molecule has 6 nitrogen and oxygen atoms in total. The predicted octanol–water partition coefficient (Wildman–Crippen LogP) is 1.97. The van der Waals surface area contributed by atoms with E-state index in [2.05, 4.69) is 35.8 Å². The molecular formula is C15H28N4O2. The number of rotatable bonds is 7. The second kappa shape index (κ2) is 6.85. The summed E-state index contributed by atoms with van der Waals surface area (Å²) in [4.78, 5) is 6.77. The standard InChI is InChI=1S/C15H28N4O2/c1-11(2)8-20-12(3)14-17-13(21-18-14)7-19-6-5-15(4,9-16)10-19/h11-12H,5-10,16H2,1-4H3. The van der Waals surface area contributed by atoms with Crippen LogP contribution in [0.5, 0.6) is 0 Å². The van der Waals surface area contributed by atoms with Crippen LogP contribution in [0.25, 0.3) is 0 Å². The van der Waals surface area contributed by atoms with Crippen molar-refractivity contribution in [2.45, 2.75) is 46.8 Å². The van der Waals surface area contributed by atoms with E-state index >= 15 is 0 Å². The van der Waals surface area contributed by atoms with E-state index < -0.39 is 0 Å². The molecule has 2 N–H and O–H groups in total. The van der Waals surface area contributed by atoms with Crippen molar-refractivity contribution in [2.75, 3.05) is 26.2 Å². The number of likely N-dealkylation sites (tertiary alicyclic amines) is 1. The van der Waals surface area contributed by atoms with Gasteiger partial charge in [0.2, 0.25) is 5.89 Å². The highest BCUT2D eigenvalue weighted by molar-refractivity contribution is 4.93. The lowest BCUT2D eigenvalue weighted by atomic mass is 9.90. The lowest BCUT2D eigenvalue weighted by Gasteiger charge is -2.21. The zero-order valence-corrected chi connectivity index (χ0v) is 13.6. The van der Waals surface area contributed by atoms with Crippen molar-refractivity contribution in [1.82, 2.24) is 15.0 Å². The fourth-order valence-electron chi connectivity index (χ4n) is 2.53. The molecule has 0 aliphatic carbocycles. The topological polar surface area (TPSA) is 77.4 Å². The number of aromatic nitrogens is 2. The van der Waals surface area contributed by atoms with E-state index in [1.54, 1.807) is 0 Å². The van der Waals surface area contributed by atoms with Gasteiger partial charge in [0.05, 0.1) is 6.54 Å². The molecule has 0 aromatic carbocycles. The molecule has 2 atom stereocenters. The lowest BCUT2D eigenvalue weighted by molar-refractivity contribution is 0.0402. The van der Waals surface area contributed by atoms with Crippen LogP contribution >= 0.6 is 0 Å². The van der Waals surface area contributed by atoms with Crippen molar-refractivity contribution in [1.29, 1.82) is 0 Å². The van der Waals surface area contributed by atoms with Crippen molar-refractivity contribution in [3.63, 3.8) is 0 Å². The Bertz CT molecular complexity index is 449. The van der Waals surface area contributed by atoms with Crippen LogP contribution in [0.3, 0.4) is 0 Å².